The molecule has 0 unspecified atom stereocenters. The van der Waals surface area contributed by atoms with E-state index >= 15 is 0 Å². The van der Waals surface area contributed by atoms with E-state index in [4.69, 9.17) is 0 Å². The zero-order chi connectivity index (χ0) is 14.1. The summed E-state index contributed by atoms with van der Waals surface area (Å²) in [6, 6.07) is 8.50. The van der Waals surface area contributed by atoms with Crippen LogP contribution in [0.25, 0.3) is 0 Å². The van der Waals surface area contributed by atoms with E-state index in [0.717, 1.165) is 31.5 Å². The molecule has 0 aromatic heterocycles. The Bertz CT molecular complexity index is 388. The maximum Gasteiger partial charge on any atom is 0.224 e. The van der Waals surface area contributed by atoms with E-state index in [0.29, 0.717) is 12.5 Å². The summed E-state index contributed by atoms with van der Waals surface area (Å²) in [6.07, 6.45) is 3.84. The first-order valence-electron chi connectivity index (χ1n) is 7.24. The molecule has 0 radical (unpaired) electrons. The lowest BCUT2D eigenvalue weighted by Gasteiger charge is -2.10. The van der Waals surface area contributed by atoms with Crippen LogP contribution in [0, 0.1) is 0 Å². The molecule has 2 N–H and O–H groups in total. The molecule has 0 aliphatic heterocycles. The molecule has 0 spiro atoms. The summed E-state index contributed by atoms with van der Waals surface area (Å²) in [5, 5.41) is 6.33. The number of benzene rings is 1. The first-order valence-corrected chi connectivity index (χ1v) is 7.24. The van der Waals surface area contributed by atoms with Gasteiger partial charge in [0.15, 0.2) is 0 Å². The Labute approximate surface area is 116 Å². The normalized spacial score (nSPS) is 10.7. The highest BCUT2D eigenvalue weighted by atomic mass is 16.1. The smallest absolute Gasteiger partial charge is 0.224 e. The predicted molar refractivity (Wildman–Crippen MR) is 81.2 cm³/mol. The van der Waals surface area contributed by atoms with Crippen LogP contribution in [0.2, 0.25) is 0 Å². The average Bonchev–Trinajstić information content (AvgIpc) is 2.37. The molecule has 0 saturated carbocycles. The molecule has 1 rings (SSSR count). The van der Waals surface area contributed by atoms with Gasteiger partial charge in [0.25, 0.3) is 0 Å². The first-order chi connectivity index (χ1) is 9.11. The van der Waals surface area contributed by atoms with E-state index in [1.807, 2.05) is 18.2 Å². The summed E-state index contributed by atoms with van der Waals surface area (Å²) in [5.41, 5.74) is 2.09. The molecular formula is C16H26N2O. The van der Waals surface area contributed by atoms with Gasteiger partial charge in [-0.1, -0.05) is 45.7 Å². The summed E-state index contributed by atoms with van der Waals surface area (Å²) in [5.74, 6) is 0.113. The molecule has 0 aliphatic carbocycles. The van der Waals surface area contributed by atoms with Crippen LogP contribution in [0.5, 0.6) is 0 Å². The van der Waals surface area contributed by atoms with Crippen LogP contribution in [0.4, 0.5) is 5.69 Å². The van der Waals surface area contributed by atoms with Gasteiger partial charge in [-0.3, -0.25) is 4.79 Å². The van der Waals surface area contributed by atoms with Crippen molar-refractivity contribution in [1.82, 2.24) is 5.32 Å². The maximum absolute atomic E-state index is 11.7. The van der Waals surface area contributed by atoms with Crippen molar-refractivity contribution in [3.63, 3.8) is 0 Å². The molecule has 0 saturated heterocycles. The summed E-state index contributed by atoms with van der Waals surface area (Å²) >= 11 is 0. The van der Waals surface area contributed by atoms with Crippen molar-refractivity contribution < 1.29 is 4.79 Å². The fraction of sp³-hybridized carbons (Fsp3) is 0.562. The van der Waals surface area contributed by atoms with Gasteiger partial charge in [0.05, 0.1) is 0 Å². The molecule has 1 aromatic carbocycles. The Kier molecular flexibility index (Phi) is 7.19. The van der Waals surface area contributed by atoms with Gasteiger partial charge >= 0.3 is 0 Å². The van der Waals surface area contributed by atoms with E-state index in [9.17, 15) is 4.79 Å². The van der Waals surface area contributed by atoms with E-state index in [-0.39, 0.29) is 5.91 Å². The molecule has 3 nitrogen and oxygen atoms in total. The Balaban J connectivity index is 2.45. The van der Waals surface area contributed by atoms with Crippen LogP contribution in [0.15, 0.2) is 24.3 Å². The predicted octanol–water partition coefficient (Wildman–Crippen LogP) is 3.70. The van der Waals surface area contributed by atoms with Gasteiger partial charge in [-0.2, -0.15) is 0 Å². The second-order valence-corrected chi connectivity index (χ2v) is 5.24. The number of hydrogen-bond acceptors (Lipinski definition) is 2. The highest BCUT2D eigenvalue weighted by molar-refractivity contribution is 5.90. The van der Waals surface area contributed by atoms with Crippen molar-refractivity contribution in [2.75, 3.05) is 5.32 Å². The van der Waals surface area contributed by atoms with Crippen molar-refractivity contribution in [3.05, 3.63) is 29.8 Å². The monoisotopic (exact) mass is 262 g/mol. The fourth-order valence-corrected chi connectivity index (χ4v) is 1.84. The van der Waals surface area contributed by atoms with Crippen LogP contribution in [-0.2, 0) is 11.3 Å². The standard InChI is InChI=1S/C16H26N2O/c1-4-5-6-10-16(19)18-15-9-7-8-14(11-15)12-17-13(2)3/h7-9,11,13,17H,4-6,10,12H2,1-3H3,(H,18,19). The highest BCUT2D eigenvalue weighted by Gasteiger charge is 2.03. The number of unbranched alkanes of at least 4 members (excludes halogenated alkanes) is 2. The topological polar surface area (TPSA) is 41.1 Å². The van der Waals surface area contributed by atoms with E-state index in [1.54, 1.807) is 0 Å². The molecule has 0 fully saturated rings. The molecule has 3 heteroatoms. The van der Waals surface area contributed by atoms with Crippen molar-refractivity contribution in [2.24, 2.45) is 0 Å². The Morgan fingerprint density at radius 3 is 2.74 bits per heavy atom. The zero-order valence-corrected chi connectivity index (χ0v) is 12.3. The molecule has 106 valence electrons. The third-order valence-corrected chi connectivity index (χ3v) is 2.93. The SMILES string of the molecule is CCCCCC(=O)Nc1cccc(CNC(C)C)c1. The van der Waals surface area contributed by atoms with E-state index in [1.165, 1.54) is 5.56 Å². The Morgan fingerprint density at radius 2 is 2.05 bits per heavy atom. The fourth-order valence-electron chi connectivity index (χ4n) is 1.84. The minimum Gasteiger partial charge on any atom is -0.326 e. The lowest BCUT2D eigenvalue weighted by atomic mass is 10.1. The number of anilines is 1. The second kappa shape index (κ2) is 8.70. The zero-order valence-electron chi connectivity index (χ0n) is 12.3. The Hall–Kier alpha value is -1.35. The second-order valence-electron chi connectivity index (χ2n) is 5.24. The number of carbonyl (C=O) groups is 1. The molecule has 1 amide bonds. The summed E-state index contributed by atoms with van der Waals surface area (Å²) in [7, 11) is 0. The van der Waals surface area contributed by atoms with Gasteiger partial charge < -0.3 is 10.6 Å². The molecule has 19 heavy (non-hydrogen) atoms. The van der Waals surface area contributed by atoms with Crippen molar-refractivity contribution in [3.8, 4) is 0 Å². The van der Waals surface area contributed by atoms with Gasteiger partial charge in [-0.05, 0) is 24.1 Å². The maximum atomic E-state index is 11.7. The van der Waals surface area contributed by atoms with Gasteiger partial charge in [0.1, 0.15) is 0 Å². The summed E-state index contributed by atoms with van der Waals surface area (Å²) < 4.78 is 0. The number of nitrogens with one attached hydrogen (secondary N) is 2. The van der Waals surface area contributed by atoms with E-state index < -0.39 is 0 Å². The van der Waals surface area contributed by atoms with Gasteiger partial charge in [0.2, 0.25) is 5.91 Å². The minimum atomic E-state index is 0.113. The van der Waals surface area contributed by atoms with Crippen LogP contribution in [0.3, 0.4) is 0 Å². The largest absolute Gasteiger partial charge is 0.326 e. The van der Waals surface area contributed by atoms with Crippen LogP contribution < -0.4 is 10.6 Å². The number of carbonyl (C=O) groups excluding carboxylic acids is 1. The van der Waals surface area contributed by atoms with Gasteiger partial charge in [0, 0.05) is 24.7 Å². The minimum absolute atomic E-state index is 0.113. The van der Waals surface area contributed by atoms with Crippen molar-refractivity contribution in [2.45, 2.75) is 59.0 Å². The molecular weight excluding hydrogens is 236 g/mol. The molecule has 0 bridgehead atoms. The third kappa shape index (κ3) is 6.97. The van der Waals surface area contributed by atoms with Crippen LogP contribution >= 0.6 is 0 Å². The van der Waals surface area contributed by atoms with Crippen molar-refractivity contribution >= 4 is 11.6 Å². The molecule has 0 heterocycles. The molecule has 1 aromatic rings. The first kappa shape index (κ1) is 15.7. The lowest BCUT2D eigenvalue weighted by molar-refractivity contribution is -0.116. The Morgan fingerprint density at radius 1 is 1.26 bits per heavy atom. The summed E-state index contributed by atoms with van der Waals surface area (Å²) in [6.45, 7) is 7.22. The molecule has 0 atom stereocenters. The summed E-state index contributed by atoms with van der Waals surface area (Å²) in [4.78, 5) is 11.7. The lowest BCUT2D eigenvalue weighted by Crippen LogP contribution is -2.21. The third-order valence-electron chi connectivity index (χ3n) is 2.93. The van der Waals surface area contributed by atoms with Crippen LogP contribution in [-0.4, -0.2) is 11.9 Å². The number of amides is 1. The quantitative estimate of drug-likeness (QED) is 0.701. The van der Waals surface area contributed by atoms with Gasteiger partial charge in [-0.15, -0.1) is 0 Å². The molecule has 0 aliphatic rings. The van der Waals surface area contributed by atoms with Gasteiger partial charge in [-0.25, -0.2) is 0 Å². The average molecular weight is 262 g/mol. The van der Waals surface area contributed by atoms with E-state index in [2.05, 4.69) is 37.5 Å². The van der Waals surface area contributed by atoms with Crippen LogP contribution in [0.1, 0.15) is 52.0 Å². The van der Waals surface area contributed by atoms with Crippen molar-refractivity contribution in [1.29, 1.82) is 0 Å². The highest BCUT2D eigenvalue weighted by Crippen LogP contribution is 2.12. The number of hydrogen-bond donors (Lipinski definition) is 2. The number of rotatable bonds is 8.